The molecule has 0 aromatic carbocycles. The lowest BCUT2D eigenvalue weighted by Gasteiger charge is -2.28. The monoisotopic (exact) mass is 232 g/mol. The molecule has 0 unspecified atom stereocenters. The molecule has 1 saturated heterocycles. The molecule has 17 heavy (non-hydrogen) atoms. The van der Waals surface area contributed by atoms with Gasteiger partial charge in [-0.15, -0.1) is 0 Å². The standard InChI is InChI=1S/C12H16N4O/c17-8-2-1-3-11-9-12(15-10-14-11)16-6-4-13-5-7-16/h9-10,13,17H,2,4-8H2. The predicted molar refractivity (Wildman–Crippen MR) is 65.7 cm³/mol. The average Bonchev–Trinajstić information content (AvgIpc) is 2.41. The maximum atomic E-state index is 8.65. The zero-order valence-electron chi connectivity index (χ0n) is 9.69. The van der Waals surface area contributed by atoms with E-state index in [2.05, 4.69) is 32.0 Å². The van der Waals surface area contributed by atoms with Crippen molar-refractivity contribution in [3.63, 3.8) is 0 Å². The number of aromatic nitrogens is 2. The highest BCUT2D eigenvalue weighted by Gasteiger charge is 2.11. The summed E-state index contributed by atoms with van der Waals surface area (Å²) in [5.74, 6) is 6.71. The van der Waals surface area contributed by atoms with Crippen molar-refractivity contribution in [1.29, 1.82) is 0 Å². The summed E-state index contributed by atoms with van der Waals surface area (Å²) in [5.41, 5.74) is 0.710. The number of rotatable bonds is 2. The summed E-state index contributed by atoms with van der Waals surface area (Å²) in [6.45, 7) is 3.97. The highest BCUT2D eigenvalue weighted by Crippen LogP contribution is 2.10. The third-order valence-electron chi connectivity index (χ3n) is 2.55. The Morgan fingerprint density at radius 1 is 1.35 bits per heavy atom. The van der Waals surface area contributed by atoms with Gasteiger partial charge in [0.05, 0.1) is 6.61 Å². The Hall–Kier alpha value is -1.64. The van der Waals surface area contributed by atoms with Crippen LogP contribution < -0.4 is 10.2 Å². The summed E-state index contributed by atoms with van der Waals surface area (Å²) in [6.07, 6.45) is 2.02. The van der Waals surface area contributed by atoms with Gasteiger partial charge in [0.2, 0.25) is 0 Å². The number of hydrogen-bond acceptors (Lipinski definition) is 5. The molecule has 0 atom stereocenters. The fourth-order valence-electron chi connectivity index (χ4n) is 1.69. The Balaban J connectivity index is 2.08. The average molecular weight is 232 g/mol. The van der Waals surface area contributed by atoms with Gasteiger partial charge in [0.1, 0.15) is 17.8 Å². The molecule has 1 fully saturated rings. The molecule has 0 spiro atoms. The fourth-order valence-corrected chi connectivity index (χ4v) is 1.69. The molecule has 5 nitrogen and oxygen atoms in total. The first-order chi connectivity index (χ1) is 8.40. The van der Waals surface area contributed by atoms with Crippen molar-refractivity contribution >= 4 is 5.82 Å². The van der Waals surface area contributed by atoms with Gasteiger partial charge in [-0.1, -0.05) is 5.92 Å². The first-order valence-electron chi connectivity index (χ1n) is 5.77. The van der Waals surface area contributed by atoms with E-state index < -0.39 is 0 Å². The van der Waals surface area contributed by atoms with Crippen LogP contribution in [0.25, 0.3) is 0 Å². The molecule has 0 radical (unpaired) electrons. The van der Waals surface area contributed by atoms with Crippen LogP contribution in [-0.4, -0.2) is 47.9 Å². The van der Waals surface area contributed by atoms with E-state index >= 15 is 0 Å². The highest BCUT2D eigenvalue weighted by atomic mass is 16.2. The van der Waals surface area contributed by atoms with E-state index in [1.807, 2.05) is 6.07 Å². The molecule has 90 valence electrons. The number of anilines is 1. The van der Waals surface area contributed by atoms with Gasteiger partial charge in [0.25, 0.3) is 0 Å². The first-order valence-corrected chi connectivity index (χ1v) is 5.77. The van der Waals surface area contributed by atoms with Crippen molar-refractivity contribution in [1.82, 2.24) is 15.3 Å². The topological polar surface area (TPSA) is 61.3 Å². The van der Waals surface area contributed by atoms with Crippen LogP contribution in [0.2, 0.25) is 0 Å². The molecule has 1 aromatic rings. The molecule has 0 bridgehead atoms. The summed E-state index contributed by atoms with van der Waals surface area (Å²) in [5, 5.41) is 12.0. The lowest BCUT2D eigenvalue weighted by atomic mass is 10.3. The van der Waals surface area contributed by atoms with E-state index in [4.69, 9.17) is 5.11 Å². The predicted octanol–water partition coefficient (Wildman–Crippen LogP) is -0.380. The third-order valence-corrected chi connectivity index (χ3v) is 2.55. The Kier molecular flexibility index (Phi) is 4.30. The summed E-state index contributed by atoms with van der Waals surface area (Å²) in [4.78, 5) is 10.6. The van der Waals surface area contributed by atoms with Gasteiger partial charge in [0.15, 0.2) is 0 Å². The summed E-state index contributed by atoms with van der Waals surface area (Å²) in [7, 11) is 0. The summed E-state index contributed by atoms with van der Waals surface area (Å²) in [6, 6.07) is 1.90. The molecule has 0 aliphatic carbocycles. The Morgan fingerprint density at radius 2 is 2.18 bits per heavy atom. The largest absolute Gasteiger partial charge is 0.395 e. The lowest BCUT2D eigenvalue weighted by molar-refractivity contribution is 0.305. The maximum absolute atomic E-state index is 8.65. The second kappa shape index (κ2) is 6.18. The van der Waals surface area contributed by atoms with Crippen molar-refractivity contribution in [2.24, 2.45) is 0 Å². The number of aliphatic hydroxyl groups is 1. The smallest absolute Gasteiger partial charge is 0.133 e. The van der Waals surface area contributed by atoms with Crippen molar-refractivity contribution in [3.05, 3.63) is 18.1 Å². The van der Waals surface area contributed by atoms with Crippen LogP contribution in [0.4, 0.5) is 5.82 Å². The number of nitrogens with zero attached hydrogens (tertiary/aromatic N) is 3. The molecule has 1 aromatic heterocycles. The molecule has 2 heterocycles. The minimum absolute atomic E-state index is 0.0860. The van der Waals surface area contributed by atoms with E-state index in [9.17, 15) is 0 Å². The van der Waals surface area contributed by atoms with Crippen LogP contribution in [0, 0.1) is 11.8 Å². The van der Waals surface area contributed by atoms with Gasteiger partial charge in [-0.05, 0) is 5.92 Å². The minimum Gasteiger partial charge on any atom is -0.395 e. The van der Waals surface area contributed by atoms with Crippen molar-refractivity contribution in [2.75, 3.05) is 37.7 Å². The lowest BCUT2D eigenvalue weighted by Crippen LogP contribution is -2.43. The van der Waals surface area contributed by atoms with Crippen LogP contribution in [-0.2, 0) is 0 Å². The second-order valence-corrected chi connectivity index (χ2v) is 3.77. The van der Waals surface area contributed by atoms with Crippen molar-refractivity contribution in [3.8, 4) is 11.8 Å². The fraction of sp³-hybridized carbons (Fsp3) is 0.500. The molecule has 1 aliphatic rings. The second-order valence-electron chi connectivity index (χ2n) is 3.77. The molecular weight excluding hydrogens is 216 g/mol. The van der Waals surface area contributed by atoms with Crippen molar-refractivity contribution in [2.45, 2.75) is 6.42 Å². The normalized spacial score (nSPS) is 15.2. The molecule has 0 saturated carbocycles. The van der Waals surface area contributed by atoms with Gasteiger partial charge < -0.3 is 15.3 Å². The van der Waals surface area contributed by atoms with Crippen LogP contribution in [0.3, 0.4) is 0 Å². The SMILES string of the molecule is OCCC#Cc1cc(N2CCNCC2)ncn1. The van der Waals surface area contributed by atoms with E-state index in [1.165, 1.54) is 0 Å². The third kappa shape index (κ3) is 3.41. The summed E-state index contributed by atoms with van der Waals surface area (Å²) >= 11 is 0. The molecule has 0 amide bonds. The van der Waals surface area contributed by atoms with Gasteiger partial charge >= 0.3 is 0 Å². The maximum Gasteiger partial charge on any atom is 0.133 e. The molecular formula is C12H16N4O. The Bertz CT molecular complexity index is 418. The number of aliphatic hydroxyl groups excluding tert-OH is 1. The Morgan fingerprint density at radius 3 is 2.94 bits per heavy atom. The number of nitrogens with one attached hydrogen (secondary N) is 1. The van der Waals surface area contributed by atoms with Gasteiger partial charge in [-0.25, -0.2) is 9.97 Å². The molecule has 2 rings (SSSR count). The van der Waals surface area contributed by atoms with Crippen molar-refractivity contribution < 1.29 is 5.11 Å². The molecule has 5 heteroatoms. The van der Waals surface area contributed by atoms with Crippen LogP contribution >= 0.6 is 0 Å². The van der Waals surface area contributed by atoms with Crippen LogP contribution in [0.1, 0.15) is 12.1 Å². The van der Waals surface area contributed by atoms with Gasteiger partial charge in [-0.3, -0.25) is 0 Å². The quantitative estimate of drug-likeness (QED) is 0.681. The summed E-state index contributed by atoms with van der Waals surface area (Å²) < 4.78 is 0. The first kappa shape index (κ1) is 11.8. The zero-order valence-corrected chi connectivity index (χ0v) is 9.69. The van der Waals surface area contributed by atoms with Gasteiger partial charge in [-0.2, -0.15) is 0 Å². The zero-order chi connectivity index (χ0) is 11.9. The van der Waals surface area contributed by atoms with E-state index in [0.29, 0.717) is 12.1 Å². The molecule has 2 N–H and O–H groups in total. The van der Waals surface area contributed by atoms with Crippen LogP contribution in [0.5, 0.6) is 0 Å². The van der Waals surface area contributed by atoms with E-state index in [0.717, 1.165) is 32.0 Å². The van der Waals surface area contributed by atoms with E-state index in [1.54, 1.807) is 6.33 Å². The van der Waals surface area contributed by atoms with E-state index in [-0.39, 0.29) is 6.61 Å². The molecule has 1 aliphatic heterocycles. The minimum atomic E-state index is 0.0860. The van der Waals surface area contributed by atoms with Gasteiger partial charge in [0, 0.05) is 38.7 Å². The highest BCUT2D eigenvalue weighted by molar-refractivity contribution is 5.43. The van der Waals surface area contributed by atoms with Crippen LogP contribution in [0.15, 0.2) is 12.4 Å². The number of piperazine rings is 1. The Labute approximate surface area is 101 Å². The number of hydrogen-bond donors (Lipinski definition) is 2.